The summed E-state index contributed by atoms with van der Waals surface area (Å²) in [6.45, 7) is -2.97. The third kappa shape index (κ3) is 5.38. The second kappa shape index (κ2) is 8.86. The molecule has 3 rings (SSSR count). The summed E-state index contributed by atoms with van der Waals surface area (Å²) in [5.74, 6) is -0.867. The van der Waals surface area contributed by atoms with Crippen LogP contribution in [0.4, 0.5) is 27.6 Å². The monoisotopic (exact) mass is 431 g/mol. The van der Waals surface area contributed by atoms with Crippen molar-refractivity contribution in [2.45, 2.75) is 31.4 Å². The molecule has 0 saturated carbocycles. The number of hydrogen-bond acceptors (Lipinski definition) is 4. The van der Waals surface area contributed by atoms with Crippen LogP contribution in [-0.4, -0.2) is 43.0 Å². The second-order valence-electron chi connectivity index (χ2n) is 6.75. The Bertz CT molecular complexity index is 855. The van der Waals surface area contributed by atoms with Crippen LogP contribution in [-0.2, 0) is 10.9 Å². The van der Waals surface area contributed by atoms with Crippen molar-refractivity contribution in [2.24, 2.45) is 0 Å². The van der Waals surface area contributed by atoms with Crippen LogP contribution >= 0.6 is 0 Å². The fourth-order valence-electron chi connectivity index (χ4n) is 3.33. The number of carboxylic acids is 1. The highest BCUT2D eigenvalue weighted by Gasteiger charge is 2.35. The maximum Gasteiger partial charge on any atom is 0.416 e. The standard InChI is InChI=1S/C20H18F5NO4/c21-19(22)29-11-15-9-17(30-16-7-3-13(4-8-16)20(23,24)25)10-26(15)14-5-1-12(2-6-14)18(27)28/h1-8,15,17,19H,9-11H2,(H,27,28)/t15-,17+/m0/s1. The number of aromatic carboxylic acids is 1. The lowest BCUT2D eigenvalue weighted by molar-refractivity contribution is -0.137. The van der Waals surface area contributed by atoms with Crippen LogP contribution in [0.25, 0.3) is 0 Å². The Labute approximate surface area is 168 Å². The van der Waals surface area contributed by atoms with Gasteiger partial charge in [-0.25, -0.2) is 4.79 Å². The molecule has 0 spiro atoms. The molecule has 1 aliphatic heterocycles. The summed E-state index contributed by atoms with van der Waals surface area (Å²) in [5.41, 5.74) is -0.123. The fraction of sp³-hybridized carbons (Fsp3) is 0.350. The highest BCUT2D eigenvalue weighted by atomic mass is 19.4. The van der Waals surface area contributed by atoms with E-state index in [2.05, 4.69) is 4.74 Å². The first kappa shape index (κ1) is 21.8. The van der Waals surface area contributed by atoms with Gasteiger partial charge in [0.2, 0.25) is 0 Å². The van der Waals surface area contributed by atoms with E-state index in [0.717, 1.165) is 12.1 Å². The average molecular weight is 431 g/mol. The number of alkyl halides is 5. The minimum absolute atomic E-state index is 0.0795. The zero-order chi connectivity index (χ0) is 21.9. The number of halogens is 5. The number of nitrogens with zero attached hydrogens (tertiary/aromatic N) is 1. The van der Waals surface area contributed by atoms with Crippen LogP contribution in [0, 0.1) is 0 Å². The first-order chi connectivity index (χ1) is 14.1. The highest BCUT2D eigenvalue weighted by molar-refractivity contribution is 5.88. The number of carbonyl (C=O) groups is 1. The van der Waals surface area contributed by atoms with Crippen LogP contribution in [0.2, 0.25) is 0 Å². The largest absolute Gasteiger partial charge is 0.489 e. The fourth-order valence-corrected chi connectivity index (χ4v) is 3.33. The predicted molar refractivity (Wildman–Crippen MR) is 97.0 cm³/mol. The molecule has 162 valence electrons. The SMILES string of the molecule is O=C(O)c1ccc(N2C[C@H](Oc3ccc(C(F)(F)F)cc3)C[C@H]2COC(F)F)cc1. The van der Waals surface area contributed by atoms with E-state index < -0.39 is 36.5 Å². The molecule has 5 nitrogen and oxygen atoms in total. The van der Waals surface area contributed by atoms with Gasteiger partial charge in [0.15, 0.2) is 0 Å². The third-order valence-corrected chi connectivity index (χ3v) is 4.72. The quantitative estimate of drug-likeness (QED) is 0.646. The zero-order valence-corrected chi connectivity index (χ0v) is 15.5. The highest BCUT2D eigenvalue weighted by Crippen LogP contribution is 2.32. The van der Waals surface area contributed by atoms with E-state index in [1.54, 1.807) is 17.0 Å². The molecule has 2 atom stereocenters. The van der Waals surface area contributed by atoms with Gasteiger partial charge in [0, 0.05) is 12.1 Å². The number of benzene rings is 2. The van der Waals surface area contributed by atoms with E-state index in [4.69, 9.17) is 9.84 Å². The van der Waals surface area contributed by atoms with Crippen molar-refractivity contribution in [3.8, 4) is 5.75 Å². The number of anilines is 1. The van der Waals surface area contributed by atoms with E-state index in [1.165, 1.54) is 24.3 Å². The summed E-state index contributed by atoms with van der Waals surface area (Å²) >= 11 is 0. The minimum Gasteiger partial charge on any atom is -0.489 e. The lowest BCUT2D eigenvalue weighted by atomic mass is 10.1. The van der Waals surface area contributed by atoms with Crippen molar-refractivity contribution in [2.75, 3.05) is 18.1 Å². The molecule has 0 bridgehead atoms. The summed E-state index contributed by atoms with van der Waals surface area (Å²) in [7, 11) is 0. The number of hydrogen-bond donors (Lipinski definition) is 1. The van der Waals surface area contributed by atoms with Gasteiger partial charge in [0.05, 0.1) is 30.3 Å². The van der Waals surface area contributed by atoms with Crippen LogP contribution in [0.3, 0.4) is 0 Å². The molecule has 0 unspecified atom stereocenters. The Hall–Kier alpha value is -2.88. The lowest BCUT2D eigenvalue weighted by Gasteiger charge is -2.26. The molecule has 0 amide bonds. The smallest absolute Gasteiger partial charge is 0.416 e. The molecule has 2 aromatic rings. The molecule has 0 aliphatic carbocycles. The van der Waals surface area contributed by atoms with Gasteiger partial charge >= 0.3 is 18.8 Å². The van der Waals surface area contributed by atoms with Crippen molar-refractivity contribution >= 4 is 11.7 Å². The minimum atomic E-state index is -4.46. The third-order valence-electron chi connectivity index (χ3n) is 4.72. The van der Waals surface area contributed by atoms with Crippen molar-refractivity contribution in [1.29, 1.82) is 0 Å². The van der Waals surface area contributed by atoms with Gasteiger partial charge < -0.3 is 19.5 Å². The molecule has 30 heavy (non-hydrogen) atoms. The van der Waals surface area contributed by atoms with Crippen LogP contribution in [0.15, 0.2) is 48.5 Å². The molecular formula is C20H18F5NO4. The molecule has 0 aromatic heterocycles. The Morgan fingerprint density at radius 3 is 2.27 bits per heavy atom. The van der Waals surface area contributed by atoms with Crippen molar-refractivity contribution in [1.82, 2.24) is 0 Å². The molecule has 1 fully saturated rings. The Morgan fingerprint density at radius 2 is 1.73 bits per heavy atom. The molecule has 10 heteroatoms. The molecule has 1 N–H and O–H groups in total. The summed E-state index contributed by atoms with van der Waals surface area (Å²) in [4.78, 5) is 12.8. The van der Waals surface area contributed by atoms with Gasteiger partial charge in [-0.3, -0.25) is 0 Å². The van der Waals surface area contributed by atoms with Gasteiger partial charge in [-0.2, -0.15) is 22.0 Å². The molecule has 1 saturated heterocycles. The van der Waals surface area contributed by atoms with E-state index in [0.29, 0.717) is 12.1 Å². The molecule has 1 heterocycles. The number of ether oxygens (including phenoxy) is 2. The summed E-state index contributed by atoms with van der Waals surface area (Å²) in [6, 6.07) is 9.65. The van der Waals surface area contributed by atoms with Gasteiger partial charge in [-0.15, -0.1) is 0 Å². The first-order valence-corrected chi connectivity index (χ1v) is 8.97. The maximum atomic E-state index is 12.7. The normalized spacial score (nSPS) is 19.3. The topological polar surface area (TPSA) is 59.0 Å². The van der Waals surface area contributed by atoms with Crippen LogP contribution < -0.4 is 9.64 Å². The van der Waals surface area contributed by atoms with Crippen molar-refractivity contribution in [3.63, 3.8) is 0 Å². The first-order valence-electron chi connectivity index (χ1n) is 8.97. The molecule has 1 aliphatic rings. The second-order valence-corrected chi connectivity index (χ2v) is 6.75. The number of carboxylic acid groups (broad SMARTS) is 1. The average Bonchev–Trinajstić information content (AvgIpc) is 3.08. The molecular weight excluding hydrogens is 413 g/mol. The lowest BCUT2D eigenvalue weighted by Crippen LogP contribution is -2.34. The summed E-state index contributed by atoms with van der Waals surface area (Å²) in [6.07, 6.45) is -4.64. The predicted octanol–water partition coefficient (Wildman–Crippen LogP) is 4.67. The molecule has 2 aromatic carbocycles. The van der Waals surface area contributed by atoms with E-state index in [-0.39, 0.29) is 24.5 Å². The Morgan fingerprint density at radius 1 is 1.10 bits per heavy atom. The van der Waals surface area contributed by atoms with Crippen molar-refractivity contribution in [3.05, 3.63) is 59.7 Å². The summed E-state index contributed by atoms with van der Waals surface area (Å²) < 4.78 is 73.3. The number of rotatable bonds is 7. The van der Waals surface area contributed by atoms with Crippen molar-refractivity contribution < 1.29 is 41.3 Å². The van der Waals surface area contributed by atoms with Gasteiger partial charge in [-0.05, 0) is 48.5 Å². The van der Waals surface area contributed by atoms with Crippen LogP contribution in [0.5, 0.6) is 5.75 Å². The van der Waals surface area contributed by atoms with E-state index in [9.17, 15) is 26.7 Å². The van der Waals surface area contributed by atoms with Gasteiger partial charge in [0.25, 0.3) is 0 Å². The van der Waals surface area contributed by atoms with E-state index >= 15 is 0 Å². The Balaban J connectivity index is 1.73. The summed E-state index contributed by atoms with van der Waals surface area (Å²) in [5, 5.41) is 9.01. The zero-order valence-electron chi connectivity index (χ0n) is 15.5. The Kier molecular flexibility index (Phi) is 6.45. The van der Waals surface area contributed by atoms with E-state index in [1.807, 2.05) is 0 Å². The maximum absolute atomic E-state index is 12.7. The van der Waals surface area contributed by atoms with Crippen LogP contribution in [0.1, 0.15) is 22.3 Å². The van der Waals surface area contributed by atoms with Gasteiger partial charge in [-0.1, -0.05) is 0 Å². The van der Waals surface area contributed by atoms with Gasteiger partial charge in [0.1, 0.15) is 11.9 Å². The molecule has 0 radical (unpaired) electrons.